The van der Waals surface area contributed by atoms with Crippen LogP contribution in [0.5, 0.6) is 0 Å². The van der Waals surface area contributed by atoms with E-state index in [-0.39, 0.29) is 63.0 Å². The Labute approximate surface area is 177 Å². The molecule has 1 amide bonds. The van der Waals surface area contributed by atoms with Crippen LogP contribution in [0.1, 0.15) is 24.0 Å². The highest BCUT2D eigenvalue weighted by molar-refractivity contribution is 5.75. The SMILES string of the molecule is O=C(CCOCc1ccc([N+](=O)[O-])c(CO)c1)NCCOCCC(=O)ON1OCCO1. The Bertz CT molecular complexity index is 739. The third-order valence-electron chi connectivity index (χ3n) is 3.93. The summed E-state index contributed by atoms with van der Waals surface area (Å²) in [7, 11) is 0. The average Bonchev–Trinajstić information content (AvgIpc) is 3.26. The summed E-state index contributed by atoms with van der Waals surface area (Å²) in [5, 5.41) is 23.4. The van der Waals surface area contributed by atoms with E-state index in [0.717, 1.165) is 0 Å². The van der Waals surface area contributed by atoms with Crippen molar-refractivity contribution in [1.82, 2.24) is 10.7 Å². The molecule has 0 bridgehead atoms. The standard InChI is InChI=1S/C18H25N3O10/c22-12-15-11-14(1-2-16(15)20(25)26)13-28-6-3-17(23)19-5-8-27-7-4-18(24)31-21-29-9-10-30-21/h1-2,11,22H,3-10,12-13H2,(H,19,23). The van der Waals surface area contributed by atoms with Crippen LogP contribution in [0.15, 0.2) is 18.2 Å². The van der Waals surface area contributed by atoms with E-state index in [2.05, 4.69) is 5.32 Å². The smallest absolute Gasteiger partial charge is 0.333 e. The van der Waals surface area contributed by atoms with Gasteiger partial charge in [-0.1, -0.05) is 0 Å². The van der Waals surface area contributed by atoms with Crippen molar-refractivity contribution in [2.75, 3.05) is 39.6 Å². The third-order valence-corrected chi connectivity index (χ3v) is 3.93. The number of amides is 1. The number of aliphatic hydroxyl groups excluding tert-OH is 1. The van der Waals surface area contributed by atoms with Gasteiger partial charge < -0.3 is 24.7 Å². The van der Waals surface area contributed by atoms with Crippen molar-refractivity contribution in [3.8, 4) is 0 Å². The number of nitro groups is 1. The summed E-state index contributed by atoms with van der Waals surface area (Å²) in [6.07, 6.45) is 0.133. The van der Waals surface area contributed by atoms with Crippen LogP contribution < -0.4 is 5.32 Å². The molecule has 2 rings (SSSR count). The molecule has 1 aromatic carbocycles. The Morgan fingerprint density at radius 1 is 1.16 bits per heavy atom. The molecule has 1 fully saturated rings. The molecule has 0 saturated carbocycles. The Morgan fingerprint density at radius 3 is 2.61 bits per heavy atom. The molecule has 0 radical (unpaired) electrons. The van der Waals surface area contributed by atoms with Crippen LogP contribution in [0.4, 0.5) is 5.69 Å². The number of carbonyl (C=O) groups excluding carboxylic acids is 2. The van der Waals surface area contributed by atoms with Crippen LogP contribution in [-0.4, -0.2) is 66.9 Å². The summed E-state index contributed by atoms with van der Waals surface area (Å²) in [6.45, 7) is 1.12. The van der Waals surface area contributed by atoms with E-state index in [0.29, 0.717) is 24.2 Å². The number of ether oxygens (including phenoxy) is 2. The van der Waals surface area contributed by atoms with Crippen molar-refractivity contribution >= 4 is 17.6 Å². The molecule has 2 N–H and O–H groups in total. The van der Waals surface area contributed by atoms with E-state index in [1.54, 1.807) is 0 Å². The number of aliphatic hydroxyl groups is 1. The second-order valence-electron chi connectivity index (χ2n) is 6.25. The second-order valence-corrected chi connectivity index (χ2v) is 6.25. The van der Waals surface area contributed by atoms with E-state index >= 15 is 0 Å². The van der Waals surface area contributed by atoms with Crippen molar-refractivity contribution in [3.63, 3.8) is 0 Å². The van der Waals surface area contributed by atoms with E-state index in [9.17, 15) is 24.8 Å². The highest BCUT2D eigenvalue weighted by Crippen LogP contribution is 2.20. The third kappa shape index (κ3) is 9.33. The summed E-state index contributed by atoms with van der Waals surface area (Å²) < 4.78 is 10.6. The number of carbonyl (C=O) groups is 2. The lowest BCUT2D eigenvalue weighted by atomic mass is 10.1. The molecule has 1 aliphatic heterocycles. The fourth-order valence-electron chi connectivity index (χ4n) is 2.44. The van der Waals surface area contributed by atoms with Crippen LogP contribution in [0.2, 0.25) is 0 Å². The molecule has 13 heteroatoms. The molecule has 0 aromatic heterocycles. The second kappa shape index (κ2) is 13.6. The first-order valence-corrected chi connectivity index (χ1v) is 9.55. The molecule has 1 aliphatic rings. The van der Waals surface area contributed by atoms with E-state index in [1.165, 1.54) is 18.2 Å². The van der Waals surface area contributed by atoms with Crippen LogP contribution >= 0.6 is 0 Å². The molecular weight excluding hydrogens is 418 g/mol. The van der Waals surface area contributed by atoms with Crippen molar-refractivity contribution in [3.05, 3.63) is 39.4 Å². The number of hydrogen-bond acceptors (Lipinski definition) is 11. The molecule has 0 unspecified atom stereocenters. The first-order chi connectivity index (χ1) is 15.0. The average molecular weight is 443 g/mol. The normalized spacial score (nSPS) is 13.8. The largest absolute Gasteiger partial charge is 0.391 e. The first-order valence-electron chi connectivity index (χ1n) is 9.55. The fourth-order valence-corrected chi connectivity index (χ4v) is 2.44. The minimum absolute atomic E-state index is 0.00560. The van der Waals surface area contributed by atoms with Gasteiger partial charge in [-0.25, -0.2) is 9.68 Å². The van der Waals surface area contributed by atoms with Crippen molar-refractivity contribution < 1.29 is 43.6 Å². The molecule has 1 aromatic rings. The van der Waals surface area contributed by atoms with Crippen LogP contribution in [-0.2, 0) is 46.8 Å². The first kappa shape index (κ1) is 24.6. The molecule has 13 nitrogen and oxygen atoms in total. The molecular formula is C18H25N3O10. The molecule has 1 heterocycles. The van der Waals surface area contributed by atoms with Gasteiger partial charge in [-0.15, -0.1) is 0 Å². The number of rotatable bonds is 14. The topological polar surface area (TPSA) is 159 Å². The monoisotopic (exact) mass is 443 g/mol. The lowest BCUT2D eigenvalue weighted by Crippen LogP contribution is -2.28. The number of hydrogen-bond donors (Lipinski definition) is 2. The van der Waals surface area contributed by atoms with E-state index in [4.69, 9.17) is 24.0 Å². The summed E-state index contributed by atoms with van der Waals surface area (Å²) in [5.41, 5.74) is 0.707. The van der Waals surface area contributed by atoms with Crippen LogP contribution in [0.3, 0.4) is 0 Å². The number of nitro benzene ring substituents is 1. The Hall–Kier alpha value is -2.68. The molecule has 0 aliphatic carbocycles. The minimum atomic E-state index is -0.567. The molecule has 172 valence electrons. The Balaban J connectivity index is 1.49. The Morgan fingerprint density at radius 2 is 1.90 bits per heavy atom. The fraction of sp³-hybridized carbons (Fsp3) is 0.556. The summed E-state index contributed by atoms with van der Waals surface area (Å²) in [5.74, 6) is -0.798. The number of nitrogens with one attached hydrogen (secondary N) is 1. The predicted molar refractivity (Wildman–Crippen MR) is 102 cm³/mol. The van der Waals surface area contributed by atoms with Crippen molar-refractivity contribution in [2.24, 2.45) is 0 Å². The maximum Gasteiger partial charge on any atom is 0.333 e. The zero-order valence-electron chi connectivity index (χ0n) is 16.8. The van der Waals surface area contributed by atoms with Gasteiger partial charge in [-0.3, -0.25) is 19.7 Å². The summed E-state index contributed by atoms with van der Waals surface area (Å²) in [6, 6.07) is 4.34. The number of nitrogens with zero attached hydrogens (tertiary/aromatic N) is 2. The highest BCUT2D eigenvalue weighted by Gasteiger charge is 2.18. The zero-order valence-corrected chi connectivity index (χ0v) is 16.8. The lowest BCUT2D eigenvalue weighted by molar-refractivity contribution is -0.460. The van der Waals surface area contributed by atoms with Gasteiger partial charge in [-0.2, -0.15) is 0 Å². The maximum atomic E-state index is 11.7. The highest BCUT2D eigenvalue weighted by atomic mass is 17.2. The molecule has 1 saturated heterocycles. The van der Waals surface area contributed by atoms with Crippen molar-refractivity contribution in [2.45, 2.75) is 26.1 Å². The minimum Gasteiger partial charge on any atom is -0.391 e. The molecule has 0 atom stereocenters. The van der Waals surface area contributed by atoms with Crippen LogP contribution in [0.25, 0.3) is 0 Å². The van der Waals surface area contributed by atoms with Gasteiger partial charge in [-0.05, 0) is 17.7 Å². The maximum absolute atomic E-state index is 11.7. The molecule has 31 heavy (non-hydrogen) atoms. The quantitative estimate of drug-likeness (QED) is 0.229. The van der Waals surface area contributed by atoms with Gasteiger partial charge in [0.25, 0.3) is 5.69 Å². The van der Waals surface area contributed by atoms with Gasteiger partial charge in [0.05, 0.1) is 49.9 Å². The van der Waals surface area contributed by atoms with Gasteiger partial charge in [0.15, 0.2) is 0 Å². The Kier molecular flexibility index (Phi) is 10.8. The molecule has 0 spiro atoms. The van der Waals surface area contributed by atoms with E-state index < -0.39 is 17.5 Å². The van der Waals surface area contributed by atoms with Gasteiger partial charge >= 0.3 is 5.97 Å². The summed E-state index contributed by atoms with van der Waals surface area (Å²) in [4.78, 5) is 47.8. The van der Waals surface area contributed by atoms with Gasteiger partial charge in [0.2, 0.25) is 5.91 Å². The van der Waals surface area contributed by atoms with Crippen molar-refractivity contribution in [1.29, 1.82) is 0 Å². The van der Waals surface area contributed by atoms with E-state index in [1.807, 2.05) is 0 Å². The van der Waals surface area contributed by atoms with Gasteiger partial charge in [0.1, 0.15) is 18.6 Å². The number of benzene rings is 1. The van der Waals surface area contributed by atoms with Gasteiger partial charge in [0, 0.05) is 19.0 Å². The predicted octanol–water partition coefficient (Wildman–Crippen LogP) is 0.154. The summed E-state index contributed by atoms with van der Waals surface area (Å²) >= 11 is 0. The zero-order chi connectivity index (χ0) is 22.5. The van der Waals surface area contributed by atoms with Crippen LogP contribution in [0, 0.1) is 10.1 Å². The lowest BCUT2D eigenvalue weighted by Gasteiger charge is -2.10.